The Kier molecular flexibility index (Phi) is 5.46. The Morgan fingerprint density at radius 1 is 1.03 bits per heavy atom. The summed E-state index contributed by atoms with van der Waals surface area (Å²) in [6.07, 6.45) is 1.70. The Bertz CT molecular complexity index is 975. The summed E-state index contributed by atoms with van der Waals surface area (Å²) in [5.41, 5.74) is 3.51. The molecule has 1 aliphatic rings. The van der Waals surface area contributed by atoms with E-state index in [9.17, 15) is 4.79 Å². The van der Waals surface area contributed by atoms with Crippen molar-refractivity contribution in [3.8, 4) is 11.4 Å². The number of para-hydroxylation sites is 2. The zero-order valence-corrected chi connectivity index (χ0v) is 16.8. The van der Waals surface area contributed by atoms with Crippen molar-refractivity contribution in [1.29, 1.82) is 0 Å². The molecule has 2 aromatic carbocycles. The third-order valence-corrected chi connectivity index (χ3v) is 5.08. The molecule has 3 aromatic rings. The first-order chi connectivity index (χ1) is 14.2. The van der Waals surface area contributed by atoms with Gasteiger partial charge in [0, 0.05) is 26.2 Å². The number of aryl methyl sites for hydroxylation is 1. The van der Waals surface area contributed by atoms with Crippen LogP contribution in [0.2, 0.25) is 0 Å². The number of piperazine rings is 1. The average molecular weight is 391 g/mol. The number of ether oxygens (including phenoxy) is 1. The molecule has 7 heteroatoms. The van der Waals surface area contributed by atoms with Crippen LogP contribution in [0.1, 0.15) is 23.0 Å². The number of rotatable bonds is 5. The van der Waals surface area contributed by atoms with E-state index in [0.717, 1.165) is 30.2 Å². The lowest BCUT2D eigenvalue weighted by atomic mass is 10.2. The molecule has 2 heterocycles. The number of hydrogen-bond acceptors (Lipinski definition) is 5. The fraction of sp³-hybridized carbons (Fsp3) is 0.318. The summed E-state index contributed by atoms with van der Waals surface area (Å²) in [5, 5.41) is 8.21. The molecule has 0 unspecified atom stereocenters. The molecular weight excluding hydrogens is 366 g/mol. The highest BCUT2D eigenvalue weighted by Crippen LogP contribution is 2.29. The number of aromatic nitrogens is 3. The number of amides is 1. The number of benzene rings is 2. The van der Waals surface area contributed by atoms with Crippen molar-refractivity contribution in [3.63, 3.8) is 0 Å². The van der Waals surface area contributed by atoms with E-state index in [-0.39, 0.29) is 5.91 Å². The molecule has 0 saturated carbocycles. The molecule has 150 valence electrons. The predicted octanol–water partition coefficient (Wildman–Crippen LogP) is 2.94. The van der Waals surface area contributed by atoms with Gasteiger partial charge in [-0.3, -0.25) is 4.79 Å². The van der Waals surface area contributed by atoms with Crippen molar-refractivity contribution in [3.05, 3.63) is 66.0 Å². The van der Waals surface area contributed by atoms with Gasteiger partial charge in [0.15, 0.2) is 5.69 Å². The molecule has 1 amide bonds. The summed E-state index contributed by atoms with van der Waals surface area (Å²) in [6, 6.07) is 16.0. The fourth-order valence-electron chi connectivity index (χ4n) is 3.49. The van der Waals surface area contributed by atoms with Gasteiger partial charge in [0.25, 0.3) is 5.91 Å². The van der Waals surface area contributed by atoms with Gasteiger partial charge in [-0.25, -0.2) is 4.68 Å². The van der Waals surface area contributed by atoms with Crippen LogP contribution in [0.5, 0.6) is 5.75 Å². The lowest BCUT2D eigenvalue weighted by molar-refractivity contribution is 0.0740. The molecule has 0 radical (unpaired) electrons. The zero-order chi connectivity index (χ0) is 20.2. The van der Waals surface area contributed by atoms with E-state index in [1.807, 2.05) is 61.2 Å². The van der Waals surface area contributed by atoms with Gasteiger partial charge in [-0.15, -0.1) is 5.10 Å². The summed E-state index contributed by atoms with van der Waals surface area (Å²) >= 11 is 0. The van der Waals surface area contributed by atoms with E-state index >= 15 is 0 Å². The van der Waals surface area contributed by atoms with Gasteiger partial charge in [0.1, 0.15) is 5.75 Å². The van der Waals surface area contributed by atoms with Gasteiger partial charge in [-0.1, -0.05) is 35.0 Å². The standard InChI is InChI=1S/C22H25N5O2/c1-3-29-21-7-5-4-6-20(21)25-12-14-26(15-13-25)22(28)19-16-27(24-23-19)18-10-8-17(2)9-11-18/h4-11,16H,3,12-15H2,1-2H3. The molecule has 0 aliphatic carbocycles. The Hall–Kier alpha value is -3.35. The molecule has 4 rings (SSSR count). The van der Waals surface area contributed by atoms with Crippen LogP contribution < -0.4 is 9.64 Å². The number of nitrogens with zero attached hydrogens (tertiary/aromatic N) is 5. The number of carbonyl (C=O) groups is 1. The minimum absolute atomic E-state index is 0.0823. The van der Waals surface area contributed by atoms with E-state index in [1.54, 1.807) is 10.9 Å². The van der Waals surface area contributed by atoms with Gasteiger partial charge in [0.2, 0.25) is 0 Å². The SMILES string of the molecule is CCOc1ccccc1N1CCN(C(=O)c2cn(-c3ccc(C)cc3)nn2)CC1. The highest BCUT2D eigenvalue weighted by Gasteiger charge is 2.25. The van der Waals surface area contributed by atoms with Crippen LogP contribution in [0.3, 0.4) is 0 Å². The Morgan fingerprint density at radius 3 is 2.48 bits per heavy atom. The minimum Gasteiger partial charge on any atom is -0.492 e. The molecule has 0 N–H and O–H groups in total. The van der Waals surface area contributed by atoms with Crippen LogP contribution in [-0.4, -0.2) is 58.6 Å². The van der Waals surface area contributed by atoms with Gasteiger partial charge in [-0.05, 0) is 38.1 Å². The maximum absolute atomic E-state index is 12.9. The van der Waals surface area contributed by atoms with Crippen molar-refractivity contribution in [1.82, 2.24) is 19.9 Å². The van der Waals surface area contributed by atoms with Crippen LogP contribution in [-0.2, 0) is 0 Å². The molecule has 1 aromatic heterocycles. The summed E-state index contributed by atoms with van der Waals surface area (Å²) in [5.74, 6) is 0.803. The monoisotopic (exact) mass is 391 g/mol. The molecule has 29 heavy (non-hydrogen) atoms. The smallest absolute Gasteiger partial charge is 0.276 e. The van der Waals surface area contributed by atoms with Gasteiger partial charge in [0.05, 0.1) is 24.2 Å². The van der Waals surface area contributed by atoms with E-state index in [4.69, 9.17) is 4.74 Å². The molecule has 1 saturated heterocycles. The van der Waals surface area contributed by atoms with Gasteiger partial charge < -0.3 is 14.5 Å². The Morgan fingerprint density at radius 2 is 1.76 bits per heavy atom. The fourth-order valence-corrected chi connectivity index (χ4v) is 3.49. The maximum atomic E-state index is 12.9. The second-order valence-corrected chi connectivity index (χ2v) is 7.06. The maximum Gasteiger partial charge on any atom is 0.276 e. The van der Waals surface area contributed by atoms with Crippen LogP contribution >= 0.6 is 0 Å². The average Bonchev–Trinajstić information content (AvgIpc) is 3.25. The molecule has 0 bridgehead atoms. The highest BCUT2D eigenvalue weighted by atomic mass is 16.5. The lowest BCUT2D eigenvalue weighted by Crippen LogP contribution is -2.49. The molecule has 0 spiro atoms. The zero-order valence-electron chi connectivity index (χ0n) is 16.8. The Labute approximate surface area is 170 Å². The summed E-state index contributed by atoms with van der Waals surface area (Å²) in [4.78, 5) is 17.0. The summed E-state index contributed by atoms with van der Waals surface area (Å²) < 4.78 is 7.38. The van der Waals surface area contributed by atoms with E-state index in [2.05, 4.69) is 21.3 Å². The van der Waals surface area contributed by atoms with Crippen LogP contribution in [0, 0.1) is 6.92 Å². The van der Waals surface area contributed by atoms with Crippen molar-refractivity contribution in [2.24, 2.45) is 0 Å². The third kappa shape index (κ3) is 4.08. The second-order valence-electron chi connectivity index (χ2n) is 7.06. The molecule has 7 nitrogen and oxygen atoms in total. The third-order valence-electron chi connectivity index (χ3n) is 5.08. The quantitative estimate of drug-likeness (QED) is 0.669. The molecule has 1 fully saturated rings. The topological polar surface area (TPSA) is 63.5 Å². The minimum atomic E-state index is -0.0823. The summed E-state index contributed by atoms with van der Waals surface area (Å²) in [7, 11) is 0. The normalized spacial score (nSPS) is 14.1. The largest absolute Gasteiger partial charge is 0.492 e. The first-order valence-corrected chi connectivity index (χ1v) is 9.91. The van der Waals surface area contributed by atoms with Crippen molar-refractivity contribution >= 4 is 11.6 Å². The molecular formula is C22H25N5O2. The molecule has 1 aliphatic heterocycles. The number of carbonyl (C=O) groups excluding carboxylic acids is 1. The van der Waals surface area contributed by atoms with Crippen LogP contribution in [0.15, 0.2) is 54.7 Å². The van der Waals surface area contributed by atoms with Crippen LogP contribution in [0.25, 0.3) is 5.69 Å². The molecule has 0 atom stereocenters. The first kappa shape index (κ1) is 19.0. The summed E-state index contributed by atoms with van der Waals surface area (Å²) in [6.45, 7) is 7.42. The van der Waals surface area contributed by atoms with Crippen molar-refractivity contribution < 1.29 is 9.53 Å². The Balaban J connectivity index is 1.41. The highest BCUT2D eigenvalue weighted by molar-refractivity contribution is 5.92. The lowest BCUT2D eigenvalue weighted by Gasteiger charge is -2.36. The number of anilines is 1. The van der Waals surface area contributed by atoms with E-state index in [0.29, 0.717) is 25.4 Å². The first-order valence-electron chi connectivity index (χ1n) is 9.91. The van der Waals surface area contributed by atoms with E-state index < -0.39 is 0 Å². The number of hydrogen-bond donors (Lipinski definition) is 0. The van der Waals surface area contributed by atoms with Gasteiger partial charge >= 0.3 is 0 Å². The van der Waals surface area contributed by atoms with E-state index in [1.165, 1.54) is 5.56 Å². The van der Waals surface area contributed by atoms with Crippen molar-refractivity contribution in [2.75, 3.05) is 37.7 Å². The predicted molar refractivity (Wildman–Crippen MR) is 112 cm³/mol. The van der Waals surface area contributed by atoms with Gasteiger partial charge in [-0.2, -0.15) is 0 Å². The van der Waals surface area contributed by atoms with Crippen molar-refractivity contribution in [2.45, 2.75) is 13.8 Å². The second kappa shape index (κ2) is 8.34. The van der Waals surface area contributed by atoms with Crippen LogP contribution in [0.4, 0.5) is 5.69 Å².